The molecule has 0 aliphatic carbocycles. The van der Waals surface area contributed by atoms with Crippen LogP contribution in [0.5, 0.6) is 0 Å². The molecule has 106 valence electrons. The number of rotatable bonds is 2. The molecule has 0 aromatic heterocycles. The lowest BCUT2D eigenvalue weighted by Gasteiger charge is -2.14. The van der Waals surface area contributed by atoms with Gasteiger partial charge in [0.1, 0.15) is 11.9 Å². The Morgan fingerprint density at radius 1 is 1.00 bits per heavy atom. The molecule has 0 spiro atoms. The molecule has 1 unspecified atom stereocenters. The van der Waals surface area contributed by atoms with Crippen LogP contribution in [0.2, 0.25) is 0 Å². The summed E-state index contributed by atoms with van der Waals surface area (Å²) in [7, 11) is 0. The van der Waals surface area contributed by atoms with Crippen molar-refractivity contribution in [1.82, 2.24) is 0 Å². The Bertz CT molecular complexity index is 625. The molecule has 0 saturated carbocycles. The quantitative estimate of drug-likeness (QED) is 0.780. The Morgan fingerprint density at radius 3 is 2.25 bits per heavy atom. The molecule has 1 N–H and O–H groups in total. The summed E-state index contributed by atoms with van der Waals surface area (Å²) < 4.78 is 51.1. The van der Waals surface area contributed by atoms with E-state index in [1.165, 1.54) is 24.3 Å². The Labute approximate surface area is 121 Å². The number of hydrogen-bond donors (Lipinski definition) is 1. The van der Waals surface area contributed by atoms with Crippen LogP contribution in [0.3, 0.4) is 0 Å². The first-order chi connectivity index (χ1) is 9.29. The molecule has 20 heavy (non-hydrogen) atoms. The molecule has 1 atom stereocenters. The van der Waals surface area contributed by atoms with Crippen molar-refractivity contribution in [3.8, 4) is 0 Å². The van der Waals surface area contributed by atoms with E-state index in [1.54, 1.807) is 0 Å². The number of aliphatic hydroxyl groups is 1. The summed E-state index contributed by atoms with van der Waals surface area (Å²) >= 11 is 2.97. The average molecular weight is 349 g/mol. The first-order valence-electron chi connectivity index (χ1n) is 5.59. The van der Waals surface area contributed by atoms with Gasteiger partial charge >= 0.3 is 6.18 Å². The number of alkyl halides is 3. The lowest BCUT2D eigenvalue weighted by molar-refractivity contribution is -0.137. The summed E-state index contributed by atoms with van der Waals surface area (Å²) in [4.78, 5) is 0. The van der Waals surface area contributed by atoms with Gasteiger partial charge in [-0.1, -0.05) is 18.2 Å². The highest BCUT2D eigenvalue weighted by Crippen LogP contribution is 2.32. The minimum Gasteiger partial charge on any atom is -0.384 e. The summed E-state index contributed by atoms with van der Waals surface area (Å²) in [6.07, 6.45) is -5.73. The minimum absolute atomic E-state index is 0.0957. The van der Waals surface area contributed by atoms with E-state index in [9.17, 15) is 22.7 Å². The van der Waals surface area contributed by atoms with Crippen molar-refractivity contribution >= 4 is 15.9 Å². The van der Waals surface area contributed by atoms with Crippen LogP contribution in [-0.4, -0.2) is 5.11 Å². The van der Waals surface area contributed by atoms with E-state index in [1.807, 2.05) is 0 Å². The monoisotopic (exact) mass is 348 g/mol. The SMILES string of the molecule is OC(c1cccc(C(F)(F)F)c1)c1ccc(F)c(Br)c1. The second-order valence-electron chi connectivity index (χ2n) is 4.20. The Balaban J connectivity index is 2.38. The highest BCUT2D eigenvalue weighted by molar-refractivity contribution is 9.10. The van der Waals surface area contributed by atoms with E-state index in [0.717, 1.165) is 18.2 Å². The molecule has 0 heterocycles. The van der Waals surface area contributed by atoms with Gasteiger partial charge in [0.15, 0.2) is 0 Å². The second-order valence-corrected chi connectivity index (χ2v) is 5.05. The van der Waals surface area contributed by atoms with Crippen LogP contribution in [0.25, 0.3) is 0 Å². The Kier molecular flexibility index (Phi) is 4.15. The van der Waals surface area contributed by atoms with Gasteiger partial charge in [-0.15, -0.1) is 0 Å². The molecule has 2 aromatic rings. The van der Waals surface area contributed by atoms with Gasteiger partial charge in [-0.3, -0.25) is 0 Å². The molecule has 0 amide bonds. The number of aliphatic hydroxyl groups excluding tert-OH is 1. The molecule has 0 saturated heterocycles. The summed E-state index contributed by atoms with van der Waals surface area (Å²) in [6, 6.07) is 8.21. The fourth-order valence-electron chi connectivity index (χ4n) is 1.76. The summed E-state index contributed by atoms with van der Waals surface area (Å²) in [5, 5.41) is 10.1. The molecule has 1 nitrogen and oxygen atoms in total. The van der Waals surface area contributed by atoms with Gasteiger partial charge in [0.25, 0.3) is 0 Å². The number of hydrogen-bond acceptors (Lipinski definition) is 1. The smallest absolute Gasteiger partial charge is 0.384 e. The fourth-order valence-corrected chi connectivity index (χ4v) is 2.16. The third kappa shape index (κ3) is 3.19. The maximum Gasteiger partial charge on any atom is 0.416 e. The van der Waals surface area contributed by atoms with Crippen molar-refractivity contribution in [2.24, 2.45) is 0 Å². The largest absolute Gasteiger partial charge is 0.416 e. The van der Waals surface area contributed by atoms with E-state index in [-0.39, 0.29) is 10.0 Å². The summed E-state index contributed by atoms with van der Waals surface area (Å²) in [5.41, 5.74) is -0.439. The van der Waals surface area contributed by atoms with Crippen LogP contribution in [0.15, 0.2) is 46.9 Å². The Hall–Kier alpha value is -1.40. The predicted molar refractivity (Wildman–Crippen MR) is 69.6 cm³/mol. The lowest BCUT2D eigenvalue weighted by Crippen LogP contribution is -2.07. The van der Waals surface area contributed by atoms with Crippen LogP contribution >= 0.6 is 15.9 Å². The Morgan fingerprint density at radius 2 is 1.65 bits per heavy atom. The van der Waals surface area contributed by atoms with E-state index < -0.39 is 23.7 Å². The van der Waals surface area contributed by atoms with Crippen LogP contribution < -0.4 is 0 Å². The van der Waals surface area contributed by atoms with Gasteiger partial charge in [-0.25, -0.2) is 4.39 Å². The normalized spacial score (nSPS) is 13.3. The standard InChI is InChI=1S/C14H9BrF4O/c15-11-7-9(4-5-12(11)16)13(20)8-2-1-3-10(6-8)14(17,18)19/h1-7,13,20H. The van der Waals surface area contributed by atoms with Crippen LogP contribution in [0.1, 0.15) is 22.8 Å². The summed E-state index contributed by atoms with van der Waals surface area (Å²) in [5.74, 6) is -0.509. The molecule has 2 rings (SSSR count). The zero-order valence-corrected chi connectivity index (χ0v) is 11.5. The zero-order valence-electron chi connectivity index (χ0n) is 9.96. The average Bonchev–Trinajstić information content (AvgIpc) is 2.40. The van der Waals surface area contributed by atoms with Gasteiger partial charge in [-0.2, -0.15) is 13.2 Å². The molecule has 0 radical (unpaired) electrons. The van der Waals surface area contributed by atoms with Gasteiger partial charge < -0.3 is 5.11 Å². The maximum absolute atomic E-state index is 13.1. The maximum atomic E-state index is 13.1. The van der Waals surface area contributed by atoms with Crippen molar-refractivity contribution in [3.63, 3.8) is 0 Å². The first-order valence-corrected chi connectivity index (χ1v) is 6.38. The molecule has 0 aliphatic rings. The zero-order chi connectivity index (χ0) is 14.9. The minimum atomic E-state index is -4.47. The molecular weight excluding hydrogens is 340 g/mol. The van der Waals surface area contributed by atoms with Crippen molar-refractivity contribution in [1.29, 1.82) is 0 Å². The molecular formula is C14H9BrF4O. The molecule has 2 aromatic carbocycles. The highest BCUT2D eigenvalue weighted by atomic mass is 79.9. The third-order valence-corrected chi connectivity index (χ3v) is 3.40. The third-order valence-electron chi connectivity index (χ3n) is 2.79. The van der Waals surface area contributed by atoms with Crippen molar-refractivity contribution in [2.75, 3.05) is 0 Å². The molecule has 0 aliphatic heterocycles. The topological polar surface area (TPSA) is 20.2 Å². The van der Waals surface area contributed by atoms with Crippen molar-refractivity contribution < 1.29 is 22.7 Å². The lowest BCUT2D eigenvalue weighted by atomic mass is 9.99. The second kappa shape index (κ2) is 5.54. The number of halogens is 5. The molecule has 0 bridgehead atoms. The van der Waals surface area contributed by atoms with Crippen molar-refractivity contribution in [3.05, 3.63) is 69.4 Å². The van der Waals surface area contributed by atoms with E-state index in [2.05, 4.69) is 15.9 Å². The van der Waals surface area contributed by atoms with Gasteiger partial charge in [0, 0.05) is 0 Å². The van der Waals surface area contributed by atoms with Gasteiger partial charge in [-0.05, 0) is 51.3 Å². The van der Waals surface area contributed by atoms with E-state index >= 15 is 0 Å². The van der Waals surface area contributed by atoms with Crippen molar-refractivity contribution in [2.45, 2.75) is 12.3 Å². The van der Waals surface area contributed by atoms with Gasteiger partial charge in [0.05, 0.1) is 10.0 Å². The van der Waals surface area contributed by atoms with Crippen LogP contribution in [-0.2, 0) is 6.18 Å². The van der Waals surface area contributed by atoms with Gasteiger partial charge in [0.2, 0.25) is 0 Å². The molecule has 6 heteroatoms. The highest BCUT2D eigenvalue weighted by Gasteiger charge is 2.31. The van der Waals surface area contributed by atoms with Crippen LogP contribution in [0.4, 0.5) is 17.6 Å². The number of benzene rings is 2. The predicted octanol–water partition coefficient (Wildman–Crippen LogP) is 4.69. The van der Waals surface area contributed by atoms with Crippen LogP contribution in [0, 0.1) is 5.82 Å². The van der Waals surface area contributed by atoms with E-state index in [4.69, 9.17) is 0 Å². The van der Waals surface area contributed by atoms with E-state index in [0.29, 0.717) is 5.56 Å². The fraction of sp³-hybridized carbons (Fsp3) is 0.143. The molecule has 0 fully saturated rings. The first kappa shape index (κ1) is 15.0. The summed E-state index contributed by atoms with van der Waals surface area (Å²) in [6.45, 7) is 0.